The Morgan fingerprint density at radius 2 is 1.78 bits per heavy atom. The average Bonchev–Trinajstić information content (AvgIpc) is 2.67. The maximum atomic E-state index is 11.5. The molecule has 2 fully saturated rings. The summed E-state index contributed by atoms with van der Waals surface area (Å²) in [5.41, 5.74) is 1.64. The molecule has 0 amide bonds. The van der Waals surface area contributed by atoms with Crippen LogP contribution in [0, 0.1) is 0 Å². The fourth-order valence-electron chi connectivity index (χ4n) is 4.53. The summed E-state index contributed by atoms with van der Waals surface area (Å²) in [6.07, 6.45) is 7.35. The molecule has 2 aromatic rings. The number of halogens is 2. The number of para-hydroxylation sites is 1. The molecule has 1 aliphatic carbocycles. The molecule has 1 aromatic carbocycles. The maximum absolute atomic E-state index is 11.5. The van der Waals surface area contributed by atoms with Gasteiger partial charge in [-0.2, -0.15) is 0 Å². The predicted molar refractivity (Wildman–Crippen MR) is 116 cm³/mol. The van der Waals surface area contributed by atoms with E-state index in [1.54, 1.807) is 0 Å². The first-order valence-corrected chi connectivity index (χ1v) is 9.75. The Kier molecular flexibility index (Phi) is 8.32. The molecule has 2 N–H and O–H groups in total. The number of pyridine rings is 1. The van der Waals surface area contributed by atoms with Gasteiger partial charge in [-0.15, -0.1) is 24.8 Å². The van der Waals surface area contributed by atoms with Crippen molar-refractivity contribution in [3.8, 4) is 0 Å². The minimum Gasteiger partial charge on any atom is -0.389 e. The molecule has 1 atom stereocenters. The van der Waals surface area contributed by atoms with Crippen LogP contribution in [0.15, 0.2) is 36.5 Å². The number of benzene rings is 1. The van der Waals surface area contributed by atoms with Crippen molar-refractivity contribution in [1.29, 1.82) is 0 Å². The molecule has 0 bridgehead atoms. The molecule has 27 heavy (non-hydrogen) atoms. The zero-order chi connectivity index (χ0) is 17.1. The number of hydrogen-bond acceptors (Lipinski definition) is 4. The second kappa shape index (κ2) is 10.0. The van der Waals surface area contributed by atoms with Crippen LogP contribution in [0.25, 0.3) is 10.9 Å². The summed E-state index contributed by atoms with van der Waals surface area (Å²) in [5.74, 6) is 0.142. The fraction of sp³-hybridized carbons (Fsp3) is 0.571. The van der Waals surface area contributed by atoms with Crippen molar-refractivity contribution in [2.45, 2.75) is 43.6 Å². The third-order valence-electron chi connectivity index (χ3n) is 6.03. The summed E-state index contributed by atoms with van der Waals surface area (Å²) in [6.45, 7) is 5.14. The van der Waals surface area contributed by atoms with Gasteiger partial charge in [0.1, 0.15) is 0 Å². The first kappa shape index (κ1) is 22.4. The number of fused-ring (bicyclic) bond motifs is 1. The van der Waals surface area contributed by atoms with E-state index in [4.69, 9.17) is 0 Å². The molecule has 150 valence electrons. The van der Waals surface area contributed by atoms with E-state index in [0.717, 1.165) is 63.9 Å². The average molecular weight is 412 g/mol. The summed E-state index contributed by atoms with van der Waals surface area (Å²) >= 11 is 0. The Balaban J connectivity index is 0.00000131. The summed E-state index contributed by atoms with van der Waals surface area (Å²) in [5, 5.41) is 16.1. The molecule has 1 unspecified atom stereocenters. The number of piperazine rings is 1. The van der Waals surface area contributed by atoms with Gasteiger partial charge in [0.2, 0.25) is 0 Å². The topological polar surface area (TPSA) is 48.4 Å². The van der Waals surface area contributed by atoms with E-state index in [9.17, 15) is 5.11 Å². The standard InChI is InChI=1S/C21H29N3O.2ClH/c25-21(8-4-1-5-9-21)19(16-24-12-10-22-11-13-24)18-14-17-6-2-3-7-20(17)23-15-18;;/h2-3,6-7,14-15,19,22,25H,1,4-5,8-13,16H2;2*1H. The molecule has 1 saturated carbocycles. The third kappa shape index (κ3) is 5.12. The van der Waals surface area contributed by atoms with E-state index >= 15 is 0 Å². The van der Waals surface area contributed by atoms with Crippen molar-refractivity contribution in [3.63, 3.8) is 0 Å². The van der Waals surface area contributed by atoms with E-state index in [1.807, 2.05) is 12.3 Å². The van der Waals surface area contributed by atoms with Gasteiger partial charge in [-0.3, -0.25) is 4.98 Å². The lowest BCUT2D eigenvalue weighted by atomic mass is 9.72. The Morgan fingerprint density at radius 3 is 2.52 bits per heavy atom. The van der Waals surface area contributed by atoms with Crippen LogP contribution in [-0.2, 0) is 0 Å². The molecule has 0 spiro atoms. The quantitative estimate of drug-likeness (QED) is 0.803. The highest BCUT2D eigenvalue weighted by Gasteiger charge is 2.39. The van der Waals surface area contributed by atoms with Gasteiger partial charge in [0, 0.05) is 50.2 Å². The number of aromatic nitrogens is 1. The van der Waals surface area contributed by atoms with Crippen LogP contribution >= 0.6 is 24.8 Å². The lowest BCUT2D eigenvalue weighted by Crippen LogP contribution is -2.49. The molecule has 1 aromatic heterocycles. The summed E-state index contributed by atoms with van der Waals surface area (Å²) < 4.78 is 0. The number of aliphatic hydroxyl groups is 1. The predicted octanol–water partition coefficient (Wildman–Crippen LogP) is 3.76. The van der Waals surface area contributed by atoms with Crippen LogP contribution in [-0.4, -0.2) is 53.3 Å². The molecule has 0 radical (unpaired) electrons. The van der Waals surface area contributed by atoms with Crippen molar-refractivity contribution in [1.82, 2.24) is 15.2 Å². The van der Waals surface area contributed by atoms with Gasteiger partial charge < -0.3 is 15.3 Å². The smallest absolute Gasteiger partial charge is 0.0728 e. The monoisotopic (exact) mass is 411 g/mol. The van der Waals surface area contributed by atoms with Gasteiger partial charge in [0.15, 0.2) is 0 Å². The summed E-state index contributed by atoms with van der Waals surface area (Å²) in [4.78, 5) is 7.18. The second-order valence-corrected chi connectivity index (χ2v) is 7.73. The van der Waals surface area contributed by atoms with E-state index in [-0.39, 0.29) is 30.7 Å². The third-order valence-corrected chi connectivity index (χ3v) is 6.03. The molecule has 4 rings (SSSR count). The Labute approximate surface area is 174 Å². The van der Waals surface area contributed by atoms with Gasteiger partial charge in [0.25, 0.3) is 0 Å². The highest BCUT2D eigenvalue weighted by Crippen LogP contribution is 2.40. The van der Waals surface area contributed by atoms with Crippen LogP contribution in [0.2, 0.25) is 0 Å². The minimum atomic E-state index is -0.590. The van der Waals surface area contributed by atoms with Crippen molar-refractivity contribution < 1.29 is 5.11 Å². The second-order valence-electron chi connectivity index (χ2n) is 7.73. The van der Waals surface area contributed by atoms with Gasteiger partial charge in [0.05, 0.1) is 11.1 Å². The van der Waals surface area contributed by atoms with Gasteiger partial charge in [-0.1, -0.05) is 37.5 Å². The van der Waals surface area contributed by atoms with Crippen LogP contribution in [0.1, 0.15) is 43.6 Å². The van der Waals surface area contributed by atoms with E-state index in [0.29, 0.717) is 0 Å². The zero-order valence-corrected chi connectivity index (χ0v) is 17.4. The van der Waals surface area contributed by atoms with Gasteiger partial charge >= 0.3 is 0 Å². The highest BCUT2D eigenvalue weighted by molar-refractivity contribution is 5.85. The van der Waals surface area contributed by atoms with Crippen LogP contribution < -0.4 is 5.32 Å². The SMILES string of the molecule is Cl.Cl.OC1(C(CN2CCNCC2)c2cnc3ccccc3c2)CCCCC1. The molecular formula is C21H31Cl2N3O. The number of hydrogen-bond donors (Lipinski definition) is 2. The molecule has 2 heterocycles. The zero-order valence-electron chi connectivity index (χ0n) is 15.8. The Morgan fingerprint density at radius 1 is 1.07 bits per heavy atom. The Bertz CT molecular complexity index is 715. The van der Waals surface area contributed by atoms with Crippen LogP contribution in [0.4, 0.5) is 0 Å². The maximum Gasteiger partial charge on any atom is 0.0728 e. The van der Waals surface area contributed by atoms with Crippen LogP contribution in [0.5, 0.6) is 0 Å². The first-order valence-electron chi connectivity index (χ1n) is 9.75. The molecule has 1 aliphatic heterocycles. The Hall–Kier alpha value is -0.910. The van der Waals surface area contributed by atoms with Crippen LogP contribution in [0.3, 0.4) is 0 Å². The van der Waals surface area contributed by atoms with E-state index < -0.39 is 5.60 Å². The minimum absolute atomic E-state index is 0. The summed E-state index contributed by atoms with van der Waals surface area (Å²) in [7, 11) is 0. The van der Waals surface area contributed by atoms with Crippen molar-refractivity contribution >= 4 is 35.7 Å². The normalized spacial score (nSPS) is 21.1. The fourth-order valence-corrected chi connectivity index (χ4v) is 4.53. The molecule has 4 nitrogen and oxygen atoms in total. The van der Waals surface area contributed by atoms with E-state index in [1.165, 1.54) is 17.4 Å². The lowest BCUT2D eigenvalue weighted by molar-refractivity contribution is -0.0317. The number of nitrogens with zero attached hydrogens (tertiary/aromatic N) is 2. The highest BCUT2D eigenvalue weighted by atomic mass is 35.5. The van der Waals surface area contributed by atoms with Gasteiger partial charge in [-0.25, -0.2) is 0 Å². The summed E-state index contributed by atoms with van der Waals surface area (Å²) in [6, 6.07) is 10.5. The molecule has 2 aliphatic rings. The molecular weight excluding hydrogens is 381 g/mol. The van der Waals surface area contributed by atoms with Crippen molar-refractivity contribution in [2.24, 2.45) is 0 Å². The number of nitrogens with one attached hydrogen (secondary N) is 1. The first-order chi connectivity index (χ1) is 12.2. The number of rotatable bonds is 4. The molecule has 6 heteroatoms. The van der Waals surface area contributed by atoms with Crippen molar-refractivity contribution in [3.05, 3.63) is 42.1 Å². The largest absolute Gasteiger partial charge is 0.389 e. The van der Waals surface area contributed by atoms with Crippen molar-refractivity contribution in [2.75, 3.05) is 32.7 Å². The lowest BCUT2D eigenvalue weighted by Gasteiger charge is -2.42. The molecule has 1 saturated heterocycles. The van der Waals surface area contributed by atoms with Gasteiger partial charge in [-0.05, 0) is 30.5 Å². The van der Waals surface area contributed by atoms with E-state index in [2.05, 4.69) is 39.5 Å².